The zero-order valence-electron chi connectivity index (χ0n) is 18.4. The number of aliphatic hydroxyl groups is 1. The first-order chi connectivity index (χ1) is 15.6. The van der Waals surface area contributed by atoms with E-state index in [4.69, 9.17) is 18.9 Å². The van der Waals surface area contributed by atoms with Crippen LogP contribution < -0.4 is 41.7 Å². The highest BCUT2D eigenvalue weighted by Crippen LogP contribution is 2.40. The van der Waals surface area contributed by atoms with Crippen molar-refractivity contribution in [2.45, 2.75) is 32.4 Å². The van der Waals surface area contributed by atoms with Crippen molar-refractivity contribution < 1.29 is 46.2 Å². The van der Waals surface area contributed by atoms with Gasteiger partial charge in [0.25, 0.3) is 0 Å². The second kappa shape index (κ2) is 9.33. The summed E-state index contributed by atoms with van der Waals surface area (Å²) < 4.78 is 21.9. The maximum absolute atomic E-state index is 12.9. The average molecular weight is 473 g/mol. The van der Waals surface area contributed by atoms with Crippen LogP contribution >= 0.6 is 0 Å². The topological polar surface area (TPSA) is 100 Å². The number of aliphatic hydroxyl groups excluding tert-OH is 1. The minimum atomic E-state index is -0.173. The van der Waals surface area contributed by atoms with Crippen LogP contribution in [0.1, 0.15) is 40.0 Å². The van der Waals surface area contributed by atoms with E-state index in [1.54, 1.807) is 14.2 Å². The number of aromatic amines is 1. The molecule has 3 aromatic rings. The lowest BCUT2D eigenvalue weighted by Gasteiger charge is -2.19. The minimum Gasteiger partial charge on any atom is -1.00 e. The Kier molecular flexibility index (Phi) is 6.49. The van der Waals surface area contributed by atoms with Crippen LogP contribution in [0, 0.1) is 0 Å². The molecule has 0 saturated heterocycles. The van der Waals surface area contributed by atoms with Crippen LogP contribution in [0.2, 0.25) is 0 Å². The van der Waals surface area contributed by atoms with E-state index >= 15 is 0 Å². The number of methoxy groups -OCH3 is 2. The van der Waals surface area contributed by atoms with Gasteiger partial charge in [-0.1, -0.05) is 0 Å². The fraction of sp³-hybridized carbons (Fsp3) is 0.333. The van der Waals surface area contributed by atoms with E-state index in [1.165, 1.54) is 0 Å². The highest BCUT2D eigenvalue weighted by Gasteiger charge is 2.30. The van der Waals surface area contributed by atoms with E-state index in [2.05, 4.69) is 10.3 Å². The van der Waals surface area contributed by atoms with Gasteiger partial charge in [0, 0.05) is 31.0 Å². The van der Waals surface area contributed by atoms with Crippen molar-refractivity contribution in [1.29, 1.82) is 0 Å². The quantitative estimate of drug-likeness (QED) is 0.522. The molecule has 174 valence electrons. The second-order valence-corrected chi connectivity index (χ2v) is 7.88. The Morgan fingerprint density at radius 3 is 2.61 bits per heavy atom. The average Bonchev–Trinajstić information content (AvgIpc) is 3.27. The van der Waals surface area contributed by atoms with Crippen molar-refractivity contribution >= 4 is 22.4 Å². The first-order valence-corrected chi connectivity index (χ1v) is 10.6. The molecule has 0 amide bonds. The summed E-state index contributed by atoms with van der Waals surface area (Å²) in [6.07, 6.45) is 2.16. The van der Waals surface area contributed by atoms with Gasteiger partial charge in [-0.15, -0.1) is 0 Å². The van der Waals surface area contributed by atoms with Gasteiger partial charge in [0.1, 0.15) is 5.56 Å². The summed E-state index contributed by atoms with van der Waals surface area (Å²) in [6.45, 7) is 0.442. The summed E-state index contributed by atoms with van der Waals surface area (Å²) in [5, 5.41) is 14.1. The number of carbonyl (C=O) groups excluding carboxylic acids is 1. The first-order valence-electron chi connectivity index (χ1n) is 10.6. The van der Waals surface area contributed by atoms with Crippen molar-refractivity contribution in [2.75, 3.05) is 26.3 Å². The standard InChI is InChI=1S/C24H24N2O6.ClH/c1-29-21-7-13(6-14(11-27)24(21)30-2)10-25-23-15-8-19-20(32-12-31-19)9-17(15)26-16-4-3-5-18(28)22(16)23;/h6-9,27H,3-5,10-12H2,1-2H3,(H,25,26);1H. The third-order valence-corrected chi connectivity index (χ3v) is 5.98. The zero-order valence-corrected chi connectivity index (χ0v) is 19.2. The Balaban J connectivity index is 0.00000259. The van der Waals surface area contributed by atoms with Crippen LogP contribution in [0.4, 0.5) is 5.69 Å². The molecule has 0 saturated carbocycles. The van der Waals surface area contributed by atoms with Crippen LogP contribution in [0.25, 0.3) is 10.9 Å². The van der Waals surface area contributed by atoms with Crippen molar-refractivity contribution in [1.82, 2.24) is 0 Å². The Labute approximate surface area is 197 Å². The molecule has 2 heterocycles. The first kappa shape index (κ1) is 22.9. The second-order valence-electron chi connectivity index (χ2n) is 7.88. The third-order valence-electron chi connectivity index (χ3n) is 5.98. The normalized spacial score (nSPS) is 14.0. The molecule has 33 heavy (non-hydrogen) atoms. The Morgan fingerprint density at radius 2 is 1.88 bits per heavy atom. The lowest BCUT2D eigenvalue weighted by atomic mass is 9.91. The van der Waals surface area contributed by atoms with E-state index in [9.17, 15) is 9.90 Å². The summed E-state index contributed by atoms with van der Waals surface area (Å²) in [4.78, 5) is 16.3. The number of fused-ring (bicyclic) bond motifs is 3. The van der Waals surface area contributed by atoms with Crippen LogP contribution in [-0.4, -0.2) is 31.9 Å². The summed E-state index contributed by atoms with van der Waals surface area (Å²) in [5.74, 6) is 2.52. The number of Topliss-reactive ketones (excluding diaryl/α,β-unsaturated/α-hetero) is 1. The molecule has 0 radical (unpaired) electrons. The number of nitrogens with one attached hydrogen (secondary N) is 2. The van der Waals surface area contributed by atoms with Crippen LogP contribution in [0.5, 0.6) is 23.0 Å². The van der Waals surface area contributed by atoms with Crippen molar-refractivity contribution in [3.05, 3.63) is 46.6 Å². The molecular formula is C24H25ClN2O6. The molecule has 0 spiro atoms. The molecule has 0 atom stereocenters. The van der Waals surface area contributed by atoms with Crippen LogP contribution in [0.15, 0.2) is 24.3 Å². The van der Waals surface area contributed by atoms with Crippen molar-refractivity contribution in [2.24, 2.45) is 0 Å². The zero-order chi connectivity index (χ0) is 22.2. The van der Waals surface area contributed by atoms with E-state index in [0.29, 0.717) is 47.1 Å². The highest BCUT2D eigenvalue weighted by molar-refractivity contribution is 6.09. The molecule has 0 fully saturated rings. The summed E-state index contributed by atoms with van der Waals surface area (Å²) in [6, 6.07) is 7.56. The van der Waals surface area contributed by atoms with Gasteiger partial charge in [-0.05, 0) is 24.1 Å². The Morgan fingerprint density at radius 1 is 1.09 bits per heavy atom. The largest absolute Gasteiger partial charge is 1.00 e. The van der Waals surface area contributed by atoms with Gasteiger partial charge >= 0.3 is 0 Å². The van der Waals surface area contributed by atoms with Crippen molar-refractivity contribution in [3.63, 3.8) is 0 Å². The molecule has 0 unspecified atom stereocenters. The smallest absolute Gasteiger partial charge is 0.231 e. The number of hydrogen-bond donors (Lipinski definition) is 2. The van der Waals surface area contributed by atoms with E-state index in [0.717, 1.165) is 40.7 Å². The number of ketones is 1. The molecule has 0 bridgehead atoms. The molecule has 1 aliphatic heterocycles. The maximum atomic E-state index is 12.9. The van der Waals surface area contributed by atoms with E-state index in [-0.39, 0.29) is 31.6 Å². The lowest BCUT2D eigenvalue weighted by Crippen LogP contribution is -3.00. The van der Waals surface area contributed by atoms with Crippen LogP contribution in [-0.2, 0) is 19.6 Å². The molecule has 2 aromatic carbocycles. The molecule has 1 aliphatic carbocycles. The van der Waals surface area contributed by atoms with Gasteiger partial charge in [0.2, 0.25) is 12.3 Å². The highest BCUT2D eigenvalue weighted by atomic mass is 35.5. The summed E-state index contributed by atoms with van der Waals surface area (Å²) in [7, 11) is 3.11. The predicted molar refractivity (Wildman–Crippen MR) is 117 cm³/mol. The number of anilines is 1. The lowest BCUT2D eigenvalue weighted by molar-refractivity contribution is -0.358. The van der Waals surface area contributed by atoms with Gasteiger partial charge in [-0.2, -0.15) is 0 Å². The number of benzene rings is 2. The Hall–Kier alpha value is -3.23. The number of carbonyl (C=O) groups is 1. The number of ether oxygens (including phenoxy) is 4. The monoisotopic (exact) mass is 472 g/mol. The maximum Gasteiger partial charge on any atom is 0.231 e. The number of rotatable bonds is 6. The molecule has 8 nitrogen and oxygen atoms in total. The molecule has 5 rings (SSSR count). The Bertz CT molecular complexity index is 1200. The molecule has 1 aromatic heterocycles. The summed E-state index contributed by atoms with van der Waals surface area (Å²) in [5.41, 5.74) is 4.82. The number of H-pyrrole nitrogens is 1. The van der Waals surface area contributed by atoms with E-state index < -0.39 is 0 Å². The number of aromatic nitrogens is 1. The molecule has 9 heteroatoms. The van der Waals surface area contributed by atoms with Crippen LogP contribution in [0.3, 0.4) is 0 Å². The fourth-order valence-electron chi connectivity index (χ4n) is 4.51. The molecule has 2 aliphatic rings. The third kappa shape index (κ3) is 4.00. The SMILES string of the molecule is COc1cc(CNc2c3c([nH+]c4cc5c(cc24)OCO5)CCCC3=O)cc(CO)c1OC.[Cl-]. The number of hydrogen-bond acceptors (Lipinski definition) is 7. The predicted octanol–water partition coefficient (Wildman–Crippen LogP) is 0.0272. The summed E-state index contributed by atoms with van der Waals surface area (Å²) >= 11 is 0. The van der Waals surface area contributed by atoms with Gasteiger partial charge in [0.05, 0.1) is 38.0 Å². The fourth-order valence-corrected chi connectivity index (χ4v) is 4.51. The van der Waals surface area contributed by atoms with Gasteiger partial charge < -0.3 is 41.8 Å². The van der Waals surface area contributed by atoms with Gasteiger partial charge in [-0.25, -0.2) is 4.98 Å². The van der Waals surface area contributed by atoms with Gasteiger partial charge in [0.15, 0.2) is 34.5 Å². The van der Waals surface area contributed by atoms with Crippen molar-refractivity contribution in [3.8, 4) is 23.0 Å². The number of halogens is 1. The number of aryl methyl sites for hydroxylation is 1. The molecule has 3 N–H and O–H groups in total. The molecular weight excluding hydrogens is 448 g/mol. The minimum absolute atomic E-state index is 0. The van der Waals surface area contributed by atoms with Gasteiger partial charge in [-0.3, -0.25) is 4.79 Å². The number of pyridine rings is 1. The van der Waals surface area contributed by atoms with E-state index in [1.807, 2.05) is 24.3 Å².